The predicted molar refractivity (Wildman–Crippen MR) is 74.3 cm³/mol. The first kappa shape index (κ1) is 14.0. The number of hydrogen-bond donors (Lipinski definition) is 2. The van der Waals surface area contributed by atoms with E-state index in [0.717, 1.165) is 50.7 Å². The second-order valence-corrected chi connectivity index (χ2v) is 5.13. The van der Waals surface area contributed by atoms with Gasteiger partial charge in [-0.2, -0.15) is 5.10 Å². The lowest BCUT2D eigenvalue weighted by molar-refractivity contribution is 0.0773. The van der Waals surface area contributed by atoms with Crippen molar-refractivity contribution in [2.75, 3.05) is 46.3 Å². The van der Waals surface area contributed by atoms with Crippen LogP contribution in [0.3, 0.4) is 0 Å². The molecule has 0 radical (unpaired) electrons. The van der Waals surface area contributed by atoms with Crippen molar-refractivity contribution in [1.82, 2.24) is 25.3 Å². The number of hydrogen-bond acceptors (Lipinski definition) is 4. The van der Waals surface area contributed by atoms with E-state index in [4.69, 9.17) is 0 Å². The van der Waals surface area contributed by atoms with Gasteiger partial charge in [-0.1, -0.05) is 0 Å². The van der Waals surface area contributed by atoms with Crippen molar-refractivity contribution in [3.05, 3.63) is 17.0 Å². The van der Waals surface area contributed by atoms with E-state index in [1.807, 2.05) is 20.9 Å². The van der Waals surface area contributed by atoms with E-state index in [1.165, 1.54) is 0 Å². The van der Waals surface area contributed by atoms with E-state index < -0.39 is 0 Å². The molecule has 106 valence electrons. The number of piperazine rings is 1. The molecule has 1 fully saturated rings. The van der Waals surface area contributed by atoms with Gasteiger partial charge in [0.05, 0.1) is 11.3 Å². The Hall–Kier alpha value is -1.40. The number of rotatable bonds is 4. The van der Waals surface area contributed by atoms with Gasteiger partial charge >= 0.3 is 0 Å². The van der Waals surface area contributed by atoms with Crippen molar-refractivity contribution in [2.45, 2.75) is 13.8 Å². The number of likely N-dealkylation sites (N-methyl/N-ethyl adjacent to an activating group) is 1. The number of carbonyl (C=O) groups is 1. The molecule has 2 rings (SSSR count). The molecule has 1 amide bonds. The van der Waals surface area contributed by atoms with Gasteiger partial charge in [0.1, 0.15) is 0 Å². The summed E-state index contributed by atoms with van der Waals surface area (Å²) in [5.74, 6) is 0.0545. The molecule has 1 aliphatic rings. The minimum absolute atomic E-state index is 0.0545. The summed E-state index contributed by atoms with van der Waals surface area (Å²) in [5, 5.41) is 10.3. The summed E-state index contributed by atoms with van der Waals surface area (Å²) in [6.07, 6.45) is 0. The van der Waals surface area contributed by atoms with Gasteiger partial charge in [0.2, 0.25) is 0 Å². The van der Waals surface area contributed by atoms with Gasteiger partial charge in [0, 0.05) is 52.0 Å². The summed E-state index contributed by atoms with van der Waals surface area (Å²) in [5.41, 5.74) is 2.33. The topological polar surface area (TPSA) is 64.3 Å². The predicted octanol–water partition coefficient (Wildman–Crippen LogP) is 0.00374. The number of carbonyl (C=O) groups excluding carboxylic acids is 1. The average molecular weight is 265 g/mol. The van der Waals surface area contributed by atoms with Gasteiger partial charge in [-0.05, 0) is 13.8 Å². The molecule has 0 atom stereocenters. The maximum absolute atomic E-state index is 12.4. The van der Waals surface area contributed by atoms with Crippen LogP contribution in [-0.4, -0.2) is 72.2 Å². The Morgan fingerprint density at radius 2 is 2.05 bits per heavy atom. The zero-order chi connectivity index (χ0) is 13.8. The average Bonchev–Trinajstić information content (AvgIpc) is 2.76. The quantitative estimate of drug-likeness (QED) is 0.804. The fourth-order valence-electron chi connectivity index (χ4n) is 2.38. The maximum Gasteiger partial charge on any atom is 0.257 e. The van der Waals surface area contributed by atoms with Crippen molar-refractivity contribution in [3.8, 4) is 0 Å². The third kappa shape index (κ3) is 3.33. The minimum atomic E-state index is 0.0545. The second-order valence-electron chi connectivity index (χ2n) is 5.13. The fourth-order valence-corrected chi connectivity index (χ4v) is 2.38. The molecule has 0 spiro atoms. The highest BCUT2D eigenvalue weighted by Gasteiger charge is 2.19. The van der Waals surface area contributed by atoms with Gasteiger partial charge in [-0.3, -0.25) is 14.8 Å². The minimum Gasteiger partial charge on any atom is -0.340 e. The normalized spacial score (nSPS) is 16.6. The molecule has 1 aromatic rings. The summed E-state index contributed by atoms with van der Waals surface area (Å²) >= 11 is 0. The van der Waals surface area contributed by atoms with Gasteiger partial charge in [0.15, 0.2) is 0 Å². The van der Waals surface area contributed by atoms with Crippen molar-refractivity contribution < 1.29 is 4.79 Å². The number of nitrogens with zero attached hydrogens (tertiary/aromatic N) is 3. The maximum atomic E-state index is 12.4. The van der Waals surface area contributed by atoms with Crippen LogP contribution >= 0.6 is 0 Å². The number of aryl methyl sites for hydroxylation is 2. The van der Waals surface area contributed by atoms with Gasteiger partial charge in [-0.25, -0.2) is 0 Å². The molecular formula is C13H23N5O. The Bertz CT molecular complexity index is 417. The van der Waals surface area contributed by atoms with Crippen LogP contribution in [0.25, 0.3) is 0 Å². The van der Waals surface area contributed by atoms with Crippen molar-refractivity contribution in [2.24, 2.45) is 0 Å². The Labute approximate surface area is 114 Å². The van der Waals surface area contributed by atoms with Crippen LogP contribution in [-0.2, 0) is 0 Å². The largest absolute Gasteiger partial charge is 0.340 e. The molecule has 0 saturated carbocycles. The molecule has 0 aromatic carbocycles. The highest BCUT2D eigenvalue weighted by Crippen LogP contribution is 2.11. The van der Waals surface area contributed by atoms with E-state index in [2.05, 4.69) is 20.4 Å². The van der Waals surface area contributed by atoms with Crippen LogP contribution in [0.4, 0.5) is 0 Å². The van der Waals surface area contributed by atoms with Crippen LogP contribution in [0.15, 0.2) is 0 Å². The van der Waals surface area contributed by atoms with E-state index in [9.17, 15) is 4.79 Å². The standard InChI is InChI=1S/C13H23N5O/c1-10-12(11(2)16-15-10)13(19)17(3)8-9-18-6-4-14-5-7-18/h14H,4-9H2,1-3H3,(H,15,16). The summed E-state index contributed by atoms with van der Waals surface area (Å²) in [7, 11) is 1.86. The first-order valence-corrected chi connectivity index (χ1v) is 6.79. The van der Waals surface area contributed by atoms with Crippen LogP contribution in [0.1, 0.15) is 21.7 Å². The van der Waals surface area contributed by atoms with Crippen molar-refractivity contribution in [1.29, 1.82) is 0 Å². The van der Waals surface area contributed by atoms with Crippen molar-refractivity contribution in [3.63, 3.8) is 0 Å². The number of amides is 1. The number of nitrogens with one attached hydrogen (secondary N) is 2. The SMILES string of the molecule is Cc1n[nH]c(C)c1C(=O)N(C)CCN1CCNCC1. The Morgan fingerprint density at radius 1 is 1.37 bits per heavy atom. The fraction of sp³-hybridized carbons (Fsp3) is 0.692. The van der Waals surface area contributed by atoms with Crippen LogP contribution in [0, 0.1) is 13.8 Å². The zero-order valence-corrected chi connectivity index (χ0v) is 12.0. The van der Waals surface area contributed by atoms with Crippen LogP contribution in [0.5, 0.6) is 0 Å². The third-order valence-corrected chi connectivity index (χ3v) is 3.65. The van der Waals surface area contributed by atoms with E-state index >= 15 is 0 Å². The molecule has 1 aromatic heterocycles. The Morgan fingerprint density at radius 3 is 2.63 bits per heavy atom. The molecular weight excluding hydrogens is 242 g/mol. The van der Waals surface area contributed by atoms with Gasteiger partial charge in [0.25, 0.3) is 5.91 Å². The number of aromatic nitrogens is 2. The highest BCUT2D eigenvalue weighted by molar-refractivity contribution is 5.96. The molecule has 19 heavy (non-hydrogen) atoms. The van der Waals surface area contributed by atoms with Gasteiger partial charge < -0.3 is 10.2 Å². The summed E-state index contributed by atoms with van der Waals surface area (Å²) < 4.78 is 0. The highest BCUT2D eigenvalue weighted by atomic mass is 16.2. The number of H-pyrrole nitrogens is 1. The first-order chi connectivity index (χ1) is 9.09. The lowest BCUT2D eigenvalue weighted by Crippen LogP contribution is -2.46. The summed E-state index contributed by atoms with van der Waals surface area (Å²) in [6.45, 7) is 9.63. The smallest absolute Gasteiger partial charge is 0.257 e. The Balaban J connectivity index is 1.89. The molecule has 0 aliphatic carbocycles. The number of aromatic amines is 1. The monoisotopic (exact) mass is 265 g/mol. The second kappa shape index (κ2) is 6.16. The first-order valence-electron chi connectivity index (χ1n) is 6.79. The Kier molecular flexibility index (Phi) is 4.55. The third-order valence-electron chi connectivity index (χ3n) is 3.65. The van der Waals surface area contributed by atoms with E-state index in [0.29, 0.717) is 5.56 Å². The van der Waals surface area contributed by atoms with Crippen LogP contribution < -0.4 is 5.32 Å². The zero-order valence-electron chi connectivity index (χ0n) is 12.0. The summed E-state index contributed by atoms with van der Waals surface area (Å²) in [4.78, 5) is 16.5. The van der Waals surface area contributed by atoms with Crippen LogP contribution in [0.2, 0.25) is 0 Å². The molecule has 6 nitrogen and oxygen atoms in total. The van der Waals surface area contributed by atoms with Crippen molar-refractivity contribution >= 4 is 5.91 Å². The molecule has 1 saturated heterocycles. The van der Waals surface area contributed by atoms with E-state index in [-0.39, 0.29) is 5.91 Å². The van der Waals surface area contributed by atoms with E-state index in [1.54, 1.807) is 4.90 Å². The lowest BCUT2D eigenvalue weighted by atomic mass is 10.2. The molecule has 0 unspecified atom stereocenters. The summed E-state index contributed by atoms with van der Waals surface area (Å²) in [6, 6.07) is 0. The van der Waals surface area contributed by atoms with Gasteiger partial charge in [-0.15, -0.1) is 0 Å². The molecule has 2 N–H and O–H groups in total. The lowest BCUT2D eigenvalue weighted by Gasteiger charge is -2.29. The molecule has 0 bridgehead atoms. The molecule has 1 aliphatic heterocycles. The molecule has 2 heterocycles. The molecule has 6 heteroatoms.